The number of amides is 1. The van der Waals surface area contributed by atoms with E-state index in [1.807, 2.05) is 12.1 Å². The third-order valence-electron chi connectivity index (χ3n) is 5.19. The number of aromatic nitrogens is 3. The highest BCUT2D eigenvalue weighted by Crippen LogP contribution is 2.33. The van der Waals surface area contributed by atoms with E-state index in [4.69, 9.17) is 9.26 Å². The van der Waals surface area contributed by atoms with Gasteiger partial charge in [0.15, 0.2) is 0 Å². The second kappa shape index (κ2) is 7.31. The van der Waals surface area contributed by atoms with Gasteiger partial charge in [0.05, 0.1) is 7.11 Å². The number of hydrogen-bond acceptors (Lipinski definition) is 7. The van der Waals surface area contributed by atoms with Gasteiger partial charge in [0.1, 0.15) is 5.82 Å². The van der Waals surface area contributed by atoms with Crippen molar-refractivity contribution in [3.63, 3.8) is 0 Å². The van der Waals surface area contributed by atoms with Gasteiger partial charge >= 0.3 is 6.09 Å². The van der Waals surface area contributed by atoms with Crippen LogP contribution in [0.25, 0.3) is 11.4 Å². The first-order valence-corrected chi connectivity index (χ1v) is 9.12. The summed E-state index contributed by atoms with van der Waals surface area (Å²) in [5.41, 5.74) is 0.856. The average molecular weight is 357 g/mol. The van der Waals surface area contributed by atoms with Crippen LogP contribution in [0.5, 0.6) is 0 Å². The molecule has 2 aromatic heterocycles. The molecule has 2 aromatic rings. The molecule has 138 valence electrons. The van der Waals surface area contributed by atoms with Crippen LogP contribution in [0.3, 0.4) is 0 Å². The zero-order valence-corrected chi connectivity index (χ0v) is 14.9. The van der Waals surface area contributed by atoms with E-state index >= 15 is 0 Å². The minimum atomic E-state index is -0.275. The number of hydrogen-bond donors (Lipinski definition) is 0. The number of anilines is 1. The van der Waals surface area contributed by atoms with Crippen molar-refractivity contribution >= 4 is 11.9 Å². The summed E-state index contributed by atoms with van der Waals surface area (Å²) in [5.74, 6) is 2.65. The highest BCUT2D eigenvalue weighted by molar-refractivity contribution is 5.68. The van der Waals surface area contributed by atoms with E-state index in [9.17, 15) is 4.79 Å². The fraction of sp³-hybridized carbons (Fsp3) is 0.556. The fourth-order valence-corrected chi connectivity index (χ4v) is 3.64. The molecule has 1 aliphatic heterocycles. The molecule has 1 saturated heterocycles. The quantitative estimate of drug-likeness (QED) is 0.835. The maximum atomic E-state index is 11.6. The lowest BCUT2D eigenvalue weighted by molar-refractivity contribution is 0.121. The van der Waals surface area contributed by atoms with Gasteiger partial charge in [-0.1, -0.05) is 18.0 Å². The molecule has 1 amide bonds. The molecule has 0 N–H and O–H groups in total. The summed E-state index contributed by atoms with van der Waals surface area (Å²) in [6.45, 7) is 2.72. The van der Waals surface area contributed by atoms with Crippen LogP contribution in [-0.4, -0.2) is 59.4 Å². The second-order valence-electron chi connectivity index (χ2n) is 6.79. The number of carbonyl (C=O) groups is 1. The van der Waals surface area contributed by atoms with Crippen LogP contribution in [-0.2, 0) is 4.74 Å². The van der Waals surface area contributed by atoms with E-state index in [0.29, 0.717) is 24.8 Å². The van der Waals surface area contributed by atoms with Crippen molar-refractivity contribution in [1.29, 1.82) is 0 Å². The first-order chi connectivity index (χ1) is 12.7. The molecule has 8 heteroatoms. The Hall–Kier alpha value is -2.64. The maximum Gasteiger partial charge on any atom is 0.409 e. The first kappa shape index (κ1) is 16.8. The predicted molar refractivity (Wildman–Crippen MR) is 94.9 cm³/mol. The van der Waals surface area contributed by atoms with Gasteiger partial charge in [-0.25, -0.2) is 9.78 Å². The van der Waals surface area contributed by atoms with Gasteiger partial charge in [-0.3, -0.25) is 0 Å². The fourth-order valence-electron chi connectivity index (χ4n) is 3.64. The minimum absolute atomic E-state index is 0.275. The molecule has 0 unspecified atom stereocenters. The first-order valence-electron chi connectivity index (χ1n) is 9.12. The highest BCUT2D eigenvalue weighted by atomic mass is 16.5. The Morgan fingerprint density at radius 2 is 1.96 bits per heavy atom. The van der Waals surface area contributed by atoms with Gasteiger partial charge in [-0.05, 0) is 25.0 Å². The number of rotatable bonds is 3. The van der Waals surface area contributed by atoms with Crippen molar-refractivity contribution in [2.24, 2.45) is 0 Å². The van der Waals surface area contributed by atoms with Crippen molar-refractivity contribution in [3.05, 3.63) is 24.2 Å². The summed E-state index contributed by atoms with van der Waals surface area (Å²) in [6, 6.07) is 3.94. The lowest BCUT2D eigenvalue weighted by Gasteiger charge is -2.34. The van der Waals surface area contributed by atoms with Crippen molar-refractivity contribution in [1.82, 2.24) is 20.0 Å². The topological polar surface area (TPSA) is 84.6 Å². The van der Waals surface area contributed by atoms with Crippen molar-refractivity contribution in [2.75, 3.05) is 38.2 Å². The summed E-state index contributed by atoms with van der Waals surface area (Å²) < 4.78 is 10.2. The van der Waals surface area contributed by atoms with Crippen LogP contribution in [0.2, 0.25) is 0 Å². The molecule has 0 bridgehead atoms. The SMILES string of the molecule is COC(=O)N1CCN(c2ccc(-c3noc(C4CCCC4)n3)cn2)CC1. The second-order valence-corrected chi connectivity index (χ2v) is 6.79. The van der Waals surface area contributed by atoms with Crippen LogP contribution in [0.15, 0.2) is 22.9 Å². The summed E-state index contributed by atoms with van der Waals surface area (Å²) in [4.78, 5) is 24.5. The summed E-state index contributed by atoms with van der Waals surface area (Å²) >= 11 is 0. The molecule has 1 saturated carbocycles. The smallest absolute Gasteiger partial charge is 0.409 e. The lowest BCUT2D eigenvalue weighted by Crippen LogP contribution is -2.49. The third kappa shape index (κ3) is 3.36. The number of methoxy groups -OCH3 is 1. The van der Waals surface area contributed by atoms with E-state index in [1.54, 1.807) is 11.1 Å². The molecular weight excluding hydrogens is 334 g/mol. The van der Waals surface area contributed by atoms with Gasteiger partial charge in [-0.15, -0.1) is 0 Å². The molecule has 0 atom stereocenters. The minimum Gasteiger partial charge on any atom is -0.453 e. The number of carbonyl (C=O) groups excluding carboxylic acids is 1. The van der Waals surface area contributed by atoms with E-state index in [2.05, 4.69) is 20.0 Å². The lowest BCUT2D eigenvalue weighted by atomic mass is 10.1. The van der Waals surface area contributed by atoms with Gasteiger partial charge in [0.2, 0.25) is 11.7 Å². The van der Waals surface area contributed by atoms with Crippen LogP contribution in [0.4, 0.5) is 10.6 Å². The standard InChI is InChI=1S/C18H23N5O3/c1-25-18(24)23-10-8-22(9-11-23)15-7-6-14(12-19-15)16-20-17(26-21-16)13-4-2-3-5-13/h6-7,12-13H,2-5,8-11H2,1H3. The molecule has 1 aliphatic carbocycles. The zero-order valence-electron chi connectivity index (χ0n) is 14.9. The van der Waals surface area contributed by atoms with Crippen LogP contribution in [0, 0.1) is 0 Å². The Morgan fingerprint density at radius 1 is 1.19 bits per heavy atom. The molecular formula is C18H23N5O3. The molecule has 3 heterocycles. The van der Waals surface area contributed by atoms with Gasteiger partial charge < -0.3 is 19.1 Å². The molecule has 2 fully saturated rings. The van der Waals surface area contributed by atoms with Crippen molar-refractivity contribution < 1.29 is 14.1 Å². The normalized spacial score (nSPS) is 18.3. The van der Waals surface area contributed by atoms with E-state index < -0.39 is 0 Å². The molecule has 0 radical (unpaired) electrons. The Kier molecular flexibility index (Phi) is 4.73. The molecule has 4 rings (SSSR count). The van der Waals surface area contributed by atoms with E-state index in [-0.39, 0.29) is 6.09 Å². The average Bonchev–Trinajstić information content (AvgIpc) is 3.39. The van der Waals surface area contributed by atoms with Crippen molar-refractivity contribution in [3.8, 4) is 11.4 Å². The predicted octanol–water partition coefficient (Wildman–Crippen LogP) is 2.68. The van der Waals surface area contributed by atoms with Gasteiger partial charge in [0, 0.05) is 43.9 Å². The van der Waals surface area contributed by atoms with Gasteiger partial charge in [0.25, 0.3) is 0 Å². The monoisotopic (exact) mass is 357 g/mol. The summed E-state index contributed by atoms with van der Waals surface area (Å²) in [5, 5.41) is 4.11. The Balaban J connectivity index is 1.40. The van der Waals surface area contributed by atoms with Crippen molar-refractivity contribution in [2.45, 2.75) is 31.6 Å². The number of ether oxygens (including phenoxy) is 1. The van der Waals surface area contributed by atoms with Crippen LogP contribution < -0.4 is 4.90 Å². The number of nitrogens with zero attached hydrogens (tertiary/aromatic N) is 5. The maximum absolute atomic E-state index is 11.6. The molecule has 8 nitrogen and oxygen atoms in total. The Morgan fingerprint density at radius 3 is 2.62 bits per heavy atom. The Bertz CT molecular complexity index is 746. The van der Waals surface area contributed by atoms with Gasteiger partial charge in [-0.2, -0.15) is 4.98 Å². The number of piperazine rings is 1. The van der Waals surface area contributed by atoms with E-state index in [1.165, 1.54) is 20.0 Å². The van der Waals surface area contributed by atoms with Crippen LogP contribution in [0.1, 0.15) is 37.5 Å². The Labute approximate surface area is 152 Å². The third-order valence-corrected chi connectivity index (χ3v) is 5.19. The highest BCUT2D eigenvalue weighted by Gasteiger charge is 2.24. The molecule has 0 aromatic carbocycles. The van der Waals surface area contributed by atoms with E-state index in [0.717, 1.165) is 43.2 Å². The molecule has 0 spiro atoms. The molecule has 26 heavy (non-hydrogen) atoms. The molecule has 2 aliphatic rings. The number of pyridine rings is 1. The summed E-state index contributed by atoms with van der Waals surface area (Å²) in [6.07, 6.45) is 6.25. The largest absolute Gasteiger partial charge is 0.453 e. The van der Waals surface area contributed by atoms with Crippen LogP contribution >= 0.6 is 0 Å². The zero-order chi connectivity index (χ0) is 17.9. The summed E-state index contributed by atoms with van der Waals surface area (Å²) in [7, 11) is 1.41.